The van der Waals surface area contributed by atoms with E-state index in [1.54, 1.807) is 6.07 Å². The summed E-state index contributed by atoms with van der Waals surface area (Å²) in [6.45, 7) is 0.123. The van der Waals surface area contributed by atoms with Gasteiger partial charge >= 0.3 is 5.97 Å². The summed E-state index contributed by atoms with van der Waals surface area (Å²) in [5.74, 6) is -0.978. The molecule has 1 N–H and O–H groups in total. The van der Waals surface area contributed by atoms with Gasteiger partial charge < -0.3 is 15.0 Å². The fourth-order valence-corrected chi connectivity index (χ4v) is 3.04. The highest BCUT2D eigenvalue weighted by atomic mass is 32.2. The van der Waals surface area contributed by atoms with E-state index in [9.17, 15) is 14.4 Å². The maximum Gasteiger partial charge on any atom is 0.326 e. The molecule has 0 spiro atoms. The Balaban J connectivity index is 1.78. The Bertz CT molecular complexity index is 606. The van der Waals surface area contributed by atoms with Crippen LogP contribution in [-0.2, 0) is 19.1 Å². The molecule has 0 saturated carbocycles. The minimum Gasteiger partial charge on any atom is -0.454 e. The van der Waals surface area contributed by atoms with Crippen molar-refractivity contribution < 1.29 is 19.1 Å². The van der Waals surface area contributed by atoms with E-state index in [0.717, 1.165) is 24.2 Å². The second-order valence-corrected chi connectivity index (χ2v) is 6.38. The summed E-state index contributed by atoms with van der Waals surface area (Å²) < 4.78 is 4.99. The second kappa shape index (κ2) is 9.32. The van der Waals surface area contributed by atoms with Gasteiger partial charge in [-0.3, -0.25) is 14.4 Å². The molecule has 24 heavy (non-hydrogen) atoms. The number of para-hydroxylation sites is 1. The Hall–Kier alpha value is -2.02. The lowest BCUT2D eigenvalue weighted by Crippen LogP contribution is -2.36. The Kier molecular flexibility index (Phi) is 7.11. The van der Waals surface area contributed by atoms with Crippen molar-refractivity contribution in [3.63, 3.8) is 0 Å². The summed E-state index contributed by atoms with van der Waals surface area (Å²) in [7, 11) is 0. The Labute approximate surface area is 145 Å². The van der Waals surface area contributed by atoms with Crippen molar-refractivity contribution in [2.45, 2.75) is 30.6 Å². The van der Waals surface area contributed by atoms with Crippen molar-refractivity contribution in [2.75, 3.05) is 31.3 Å². The molecule has 0 radical (unpaired) electrons. The van der Waals surface area contributed by atoms with Crippen molar-refractivity contribution in [3.05, 3.63) is 24.3 Å². The van der Waals surface area contributed by atoms with E-state index >= 15 is 0 Å². The Morgan fingerprint density at radius 2 is 2.04 bits per heavy atom. The van der Waals surface area contributed by atoms with Crippen molar-refractivity contribution in [2.24, 2.45) is 0 Å². The van der Waals surface area contributed by atoms with Crippen LogP contribution in [0.5, 0.6) is 0 Å². The Morgan fingerprint density at radius 3 is 2.83 bits per heavy atom. The molecule has 1 saturated heterocycles. The largest absolute Gasteiger partial charge is 0.454 e. The van der Waals surface area contributed by atoms with Crippen LogP contribution >= 0.6 is 11.8 Å². The van der Waals surface area contributed by atoms with E-state index < -0.39 is 11.9 Å². The fraction of sp³-hybridized carbons (Fsp3) is 0.471. The van der Waals surface area contributed by atoms with Crippen molar-refractivity contribution in [1.82, 2.24) is 4.90 Å². The van der Waals surface area contributed by atoms with Gasteiger partial charge in [-0.1, -0.05) is 18.6 Å². The van der Waals surface area contributed by atoms with Crippen molar-refractivity contribution in [1.29, 1.82) is 0 Å². The topological polar surface area (TPSA) is 75.7 Å². The molecule has 1 fully saturated rings. The van der Waals surface area contributed by atoms with E-state index in [2.05, 4.69) is 5.32 Å². The summed E-state index contributed by atoms with van der Waals surface area (Å²) in [5, 5.41) is 2.72. The molecular weight excluding hydrogens is 328 g/mol. The smallest absolute Gasteiger partial charge is 0.326 e. The maximum atomic E-state index is 11.9. The Morgan fingerprint density at radius 1 is 1.25 bits per heavy atom. The average molecular weight is 350 g/mol. The van der Waals surface area contributed by atoms with Crippen LogP contribution in [0.4, 0.5) is 5.69 Å². The number of amides is 2. The molecule has 0 atom stereocenters. The number of rotatable bonds is 6. The fourth-order valence-electron chi connectivity index (χ4n) is 2.49. The summed E-state index contributed by atoms with van der Waals surface area (Å²) in [4.78, 5) is 38.1. The molecule has 0 aromatic heterocycles. The molecule has 1 aliphatic heterocycles. The first-order valence-corrected chi connectivity index (χ1v) is 9.19. The molecule has 130 valence electrons. The molecule has 0 bridgehead atoms. The third kappa shape index (κ3) is 5.56. The van der Waals surface area contributed by atoms with Crippen molar-refractivity contribution >= 4 is 35.2 Å². The highest BCUT2D eigenvalue weighted by Crippen LogP contribution is 2.24. The lowest BCUT2D eigenvalue weighted by atomic mass is 10.2. The molecule has 0 unspecified atom stereocenters. The van der Waals surface area contributed by atoms with Crippen LogP contribution in [0.1, 0.15) is 25.7 Å². The zero-order valence-electron chi connectivity index (χ0n) is 13.7. The van der Waals surface area contributed by atoms with Gasteiger partial charge in [0.2, 0.25) is 5.91 Å². The zero-order chi connectivity index (χ0) is 17.4. The van der Waals surface area contributed by atoms with Crippen LogP contribution < -0.4 is 5.32 Å². The van der Waals surface area contributed by atoms with Crippen LogP contribution in [0.25, 0.3) is 0 Å². The number of carbonyl (C=O) groups is 3. The van der Waals surface area contributed by atoms with Gasteiger partial charge in [0.25, 0.3) is 5.91 Å². The molecule has 6 nitrogen and oxygen atoms in total. The third-order valence-electron chi connectivity index (χ3n) is 3.74. The zero-order valence-corrected chi connectivity index (χ0v) is 14.6. The first-order chi connectivity index (χ1) is 11.6. The summed E-state index contributed by atoms with van der Waals surface area (Å²) in [6, 6.07) is 7.41. The molecular formula is C17H22N2O4S. The van der Waals surface area contributed by atoms with Gasteiger partial charge in [0.15, 0.2) is 6.61 Å². The number of thioether (sulfide) groups is 1. The number of anilines is 1. The van der Waals surface area contributed by atoms with E-state index in [0.29, 0.717) is 18.7 Å². The number of benzene rings is 1. The maximum absolute atomic E-state index is 11.9. The molecule has 1 aromatic carbocycles. The number of nitrogens with one attached hydrogen (secondary N) is 1. The minimum atomic E-state index is -0.557. The van der Waals surface area contributed by atoms with Crippen LogP contribution in [0.3, 0.4) is 0 Å². The minimum absolute atomic E-state index is 0.0252. The predicted molar refractivity (Wildman–Crippen MR) is 92.9 cm³/mol. The molecule has 2 rings (SSSR count). The lowest BCUT2D eigenvalue weighted by molar-refractivity contribution is -0.151. The van der Waals surface area contributed by atoms with Gasteiger partial charge in [0, 0.05) is 17.9 Å². The van der Waals surface area contributed by atoms with Gasteiger partial charge in [-0.05, 0) is 31.2 Å². The molecule has 7 heteroatoms. The van der Waals surface area contributed by atoms with E-state index in [1.807, 2.05) is 24.5 Å². The van der Waals surface area contributed by atoms with E-state index in [-0.39, 0.29) is 19.1 Å². The van der Waals surface area contributed by atoms with Gasteiger partial charge in [-0.15, -0.1) is 11.8 Å². The quantitative estimate of drug-likeness (QED) is 0.629. The van der Waals surface area contributed by atoms with Gasteiger partial charge in [0.05, 0.1) is 5.69 Å². The van der Waals surface area contributed by atoms with Gasteiger partial charge in [-0.2, -0.15) is 0 Å². The summed E-state index contributed by atoms with van der Waals surface area (Å²) in [5.41, 5.74) is 0.689. The number of hydrogen-bond donors (Lipinski definition) is 1. The molecule has 1 aliphatic rings. The van der Waals surface area contributed by atoms with Gasteiger partial charge in [-0.25, -0.2) is 0 Å². The highest BCUT2D eigenvalue weighted by molar-refractivity contribution is 7.98. The number of nitrogens with zero attached hydrogens (tertiary/aromatic N) is 1. The van der Waals surface area contributed by atoms with Crippen LogP contribution in [-0.4, -0.2) is 48.6 Å². The average Bonchev–Trinajstić information content (AvgIpc) is 2.78. The number of esters is 1. The van der Waals surface area contributed by atoms with E-state index in [1.165, 1.54) is 16.7 Å². The first kappa shape index (κ1) is 18.3. The number of hydrogen-bond acceptors (Lipinski definition) is 5. The number of ether oxygens (including phenoxy) is 1. The van der Waals surface area contributed by atoms with Gasteiger partial charge in [0.1, 0.15) is 6.54 Å². The number of carbonyl (C=O) groups excluding carboxylic acids is 3. The molecule has 1 aromatic rings. The molecule has 0 aliphatic carbocycles. The molecule has 2 amide bonds. The SMILES string of the molecule is CSc1ccccc1NC(=O)COC(=O)CN1CCCCCC1=O. The van der Waals surface area contributed by atoms with E-state index in [4.69, 9.17) is 4.74 Å². The van der Waals surface area contributed by atoms with Crippen LogP contribution in [0.2, 0.25) is 0 Å². The monoisotopic (exact) mass is 350 g/mol. The van der Waals surface area contributed by atoms with Crippen LogP contribution in [0.15, 0.2) is 29.2 Å². The molecule has 1 heterocycles. The highest BCUT2D eigenvalue weighted by Gasteiger charge is 2.20. The third-order valence-corrected chi connectivity index (χ3v) is 4.53. The van der Waals surface area contributed by atoms with Crippen LogP contribution in [0, 0.1) is 0 Å². The lowest BCUT2D eigenvalue weighted by Gasteiger charge is -2.19. The number of likely N-dealkylation sites (tertiary alicyclic amines) is 1. The summed E-state index contributed by atoms with van der Waals surface area (Å²) in [6.07, 6.45) is 5.14. The normalized spacial score (nSPS) is 14.9. The van der Waals surface area contributed by atoms with Crippen molar-refractivity contribution in [3.8, 4) is 0 Å². The predicted octanol–water partition coefficient (Wildman–Crippen LogP) is 2.29. The standard InChI is InChI=1S/C17H22N2O4S/c1-24-14-8-5-4-7-13(14)18-15(20)12-23-17(22)11-19-10-6-2-3-9-16(19)21/h4-5,7-8H,2-3,6,9-12H2,1H3,(H,18,20). The first-order valence-electron chi connectivity index (χ1n) is 7.96. The summed E-state index contributed by atoms with van der Waals surface area (Å²) >= 11 is 1.52. The second-order valence-electron chi connectivity index (χ2n) is 5.54.